The molecule has 176 valence electrons. The summed E-state index contributed by atoms with van der Waals surface area (Å²) in [4.78, 5) is 33.1. The molecule has 6 nitrogen and oxygen atoms in total. The summed E-state index contributed by atoms with van der Waals surface area (Å²) in [7, 11) is 5.55. The molecule has 0 aromatic heterocycles. The van der Waals surface area contributed by atoms with Crippen molar-refractivity contribution in [3.8, 4) is 0 Å². The Balaban J connectivity index is 1.69. The van der Waals surface area contributed by atoms with E-state index in [1.807, 2.05) is 37.2 Å². The number of fused-ring (bicyclic) bond motifs is 1. The van der Waals surface area contributed by atoms with Gasteiger partial charge in [0.05, 0.1) is 11.6 Å². The number of hydrogen-bond acceptors (Lipinski definition) is 5. The second-order valence-electron chi connectivity index (χ2n) is 8.54. The maximum absolute atomic E-state index is 13.6. The summed E-state index contributed by atoms with van der Waals surface area (Å²) in [6.45, 7) is 0.923. The molecule has 4 rings (SSSR count). The lowest BCUT2D eigenvalue weighted by atomic mass is 9.97. The second kappa shape index (κ2) is 10.0. The van der Waals surface area contributed by atoms with Gasteiger partial charge in [0.1, 0.15) is 18.2 Å². The molecule has 2 saturated heterocycles. The van der Waals surface area contributed by atoms with Crippen LogP contribution in [0.1, 0.15) is 5.56 Å². The molecular weight excluding hydrogens is 503 g/mol. The first-order valence-electron chi connectivity index (χ1n) is 10.5. The van der Waals surface area contributed by atoms with Gasteiger partial charge in [-0.2, -0.15) is 0 Å². The Morgan fingerprint density at radius 2 is 1.64 bits per heavy atom. The summed E-state index contributed by atoms with van der Waals surface area (Å²) in [5.74, 6) is -0.104. The number of hydrogen-bond donors (Lipinski definition) is 0. The van der Waals surface area contributed by atoms with Gasteiger partial charge in [-0.1, -0.05) is 46.9 Å². The first kappa shape index (κ1) is 24.6. The Morgan fingerprint density at radius 3 is 2.27 bits per heavy atom. The smallest absolute Gasteiger partial charge is 0.245 e. The van der Waals surface area contributed by atoms with Gasteiger partial charge in [-0.25, -0.2) is 4.31 Å². The molecule has 0 radical (unpaired) electrons. The van der Waals surface area contributed by atoms with Crippen LogP contribution in [0, 0.1) is 0 Å². The molecule has 33 heavy (non-hydrogen) atoms. The number of rotatable bonds is 5. The zero-order valence-electron chi connectivity index (χ0n) is 18.5. The molecule has 2 aliphatic heterocycles. The van der Waals surface area contributed by atoms with Crippen LogP contribution < -0.4 is 0 Å². The number of likely N-dealkylation sites (N-methyl/N-ethyl adjacent to an activating group) is 2. The van der Waals surface area contributed by atoms with Crippen LogP contribution in [0.25, 0.3) is 0 Å². The Bertz CT molecular complexity index is 1050. The lowest BCUT2D eigenvalue weighted by Crippen LogP contribution is -2.73. The molecule has 2 aromatic rings. The SMILES string of the molecule is CN1CC2N(Sc3ccc(Cl)cc3Cl)CC(N(C)C)C(=O)N2C(Cc2ccc(Cl)cc2)C1=O. The molecule has 0 spiro atoms. The highest BCUT2D eigenvalue weighted by molar-refractivity contribution is 7.97. The first-order chi connectivity index (χ1) is 15.7. The van der Waals surface area contributed by atoms with E-state index < -0.39 is 6.04 Å². The normalized spacial score (nSPS) is 23.9. The van der Waals surface area contributed by atoms with E-state index in [0.29, 0.717) is 34.6 Å². The maximum Gasteiger partial charge on any atom is 0.245 e. The van der Waals surface area contributed by atoms with Crippen molar-refractivity contribution in [1.29, 1.82) is 0 Å². The topological polar surface area (TPSA) is 47.1 Å². The van der Waals surface area contributed by atoms with E-state index in [9.17, 15) is 9.59 Å². The number of halogens is 3. The average molecular weight is 528 g/mol. The van der Waals surface area contributed by atoms with Crippen LogP contribution in [0.4, 0.5) is 0 Å². The molecule has 3 atom stereocenters. The first-order valence-corrected chi connectivity index (χ1v) is 12.4. The number of carbonyl (C=O) groups is 2. The summed E-state index contributed by atoms with van der Waals surface area (Å²) < 4.78 is 2.15. The van der Waals surface area contributed by atoms with Crippen molar-refractivity contribution in [3.05, 3.63) is 63.1 Å². The minimum Gasteiger partial charge on any atom is -0.340 e. The Morgan fingerprint density at radius 1 is 0.970 bits per heavy atom. The lowest BCUT2D eigenvalue weighted by Gasteiger charge is -2.53. The highest BCUT2D eigenvalue weighted by Crippen LogP contribution is 2.38. The molecule has 0 N–H and O–H groups in total. The molecule has 2 aromatic carbocycles. The second-order valence-corrected chi connectivity index (χ2v) is 10.9. The van der Waals surface area contributed by atoms with Crippen LogP contribution in [0.3, 0.4) is 0 Å². The van der Waals surface area contributed by atoms with Gasteiger partial charge in [-0.05, 0) is 61.9 Å². The number of carbonyl (C=O) groups excluding carboxylic acids is 2. The van der Waals surface area contributed by atoms with Gasteiger partial charge in [-0.3, -0.25) is 14.5 Å². The van der Waals surface area contributed by atoms with Crippen LogP contribution in [0.15, 0.2) is 47.4 Å². The minimum atomic E-state index is -0.603. The van der Waals surface area contributed by atoms with Gasteiger partial charge in [0, 0.05) is 35.0 Å². The van der Waals surface area contributed by atoms with E-state index >= 15 is 0 Å². The third-order valence-electron chi connectivity index (χ3n) is 6.06. The predicted molar refractivity (Wildman–Crippen MR) is 134 cm³/mol. The van der Waals surface area contributed by atoms with Crippen molar-refractivity contribution >= 4 is 58.6 Å². The van der Waals surface area contributed by atoms with Crippen LogP contribution in [-0.2, 0) is 16.0 Å². The quantitative estimate of drug-likeness (QED) is 0.547. The number of amides is 2. The summed E-state index contributed by atoms with van der Waals surface area (Å²) in [5.41, 5.74) is 0.950. The van der Waals surface area contributed by atoms with E-state index in [-0.39, 0.29) is 24.0 Å². The summed E-state index contributed by atoms with van der Waals surface area (Å²) in [6.07, 6.45) is 0.133. The number of piperazine rings is 1. The van der Waals surface area contributed by atoms with E-state index in [1.54, 1.807) is 41.1 Å². The van der Waals surface area contributed by atoms with Crippen LogP contribution in [-0.4, -0.2) is 83.3 Å². The minimum absolute atomic E-state index is 0.0375. The summed E-state index contributed by atoms with van der Waals surface area (Å²) in [5, 5.41) is 1.75. The van der Waals surface area contributed by atoms with Crippen LogP contribution in [0.5, 0.6) is 0 Å². The largest absolute Gasteiger partial charge is 0.340 e. The van der Waals surface area contributed by atoms with E-state index in [1.165, 1.54) is 11.9 Å². The highest BCUT2D eigenvalue weighted by Gasteiger charge is 2.50. The third-order valence-corrected chi connectivity index (χ3v) is 8.15. The van der Waals surface area contributed by atoms with Crippen molar-refractivity contribution in [1.82, 2.24) is 19.0 Å². The molecule has 10 heteroatoms. The molecule has 3 unspecified atom stereocenters. The van der Waals surface area contributed by atoms with Gasteiger partial charge >= 0.3 is 0 Å². The molecule has 0 bridgehead atoms. The number of benzene rings is 2. The van der Waals surface area contributed by atoms with Crippen molar-refractivity contribution in [2.45, 2.75) is 29.6 Å². The number of nitrogens with zero attached hydrogens (tertiary/aromatic N) is 4. The molecule has 2 heterocycles. The monoisotopic (exact) mass is 526 g/mol. The molecule has 0 aliphatic carbocycles. The fraction of sp³-hybridized carbons (Fsp3) is 0.391. The molecule has 2 aliphatic rings. The fourth-order valence-corrected chi connectivity index (χ4v) is 5.94. The third kappa shape index (κ3) is 5.14. The van der Waals surface area contributed by atoms with Gasteiger partial charge < -0.3 is 9.80 Å². The van der Waals surface area contributed by atoms with Crippen molar-refractivity contribution in [2.24, 2.45) is 0 Å². The summed E-state index contributed by atoms with van der Waals surface area (Å²) >= 11 is 20.1. The standard InChI is InChI=1S/C23H25Cl3N4O2S/c1-27(2)19-12-29(33-20-9-8-16(25)11-17(20)26)21-13-28(3)22(31)18(30(21)23(19)32)10-14-4-6-15(24)7-5-14/h4-9,11,18-19,21H,10,12-13H2,1-3H3. The van der Waals surface area contributed by atoms with E-state index in [4.69, 9.17) is 34.8 Å². The fourth-order valence-electron chi connectivity index (χ4n) is 4.26. The van der Waals surface area contributed by atoms with Gasteiger partial charge in [0.15, 0.2) is 0 Å². The Kier molecular flexibility index (Phi) is 7.48. The zero-order valence-corrected chi connectivity index (χ0v) is 21.6. The van der Waals surface area contributed by atoms with Crippen LogP contribution in [0.2, 0.25) is 15.1 Å². The molecule has 0 saturated carbocycles. The van der Waals surface area contributed by atoms with E-state index in [0.717, 1.165) is 10.5 Å². The molecule has 2 amide bonds. The predicted octanol–water partition coefficient (Wildman–Crippen LogP) is 4.14. The van der Waals surface area contributed by atoms with Crippen LogP contribution >= 0.6 is 46.8 Å². The zero-order chi connectivity index (χ0) is 23.9. The highest BCUT2D eigenvalue weighted by atomic mass is 35.5. The molecular formula is C23H25Cl3N4O2S. The van der Waals surface area contributed by atoms with E-state index in [2.05, 4.69) is 4.31 Å². The lowest BCUT2D eigenvalue weighted by molar-refractivity contribution is -0.167. The maximum atomic E-state index is 13.6. The van der Waals surface area contributed by atoms with Crippen molar-refractivity contribution < 1.29 is 9.59 Å². The average Bonchev–Trinajstić information content (AvgIpc) is 2.76. The van der Waals surface area contributed by atoms with Gasteiger partial charge in [-0.15, -0.1) is 0 Å². The van der Waals surface area contributed by atoms with Crippen molar-refractivity contribution in [3.63, 3.8) is 0 Å². The van der Waals surface area contributed by atoms with Gasteiger partial charge in [0.2, 0.25) is 11.8 Å². The van der Waals surface area contributed by atoms with Gasteiger partial charge in [0.25, 0.3) is 0 Å². The Hall–Kier alpha value is -1.48. The summed E-state index contributed by atoms with van der Waals surface area (Å²) in [6, 6.07) is 11.8. The van der Waals surface area contributed by atoms with Crippen molar-refractivity contribution in [2.75, 3.05) is 34.2 Å². The Labute approximate surface area is 213 Å². The molecule has 2 fully saturated rings.